The van der Waals surface area contributed by atoms with Crippen LogP contribution in [0.1, 0.15) is 19.8 Å². The van der Waals surface area contributed by atoms with Crippen LogP contribution in [0.3, 0.4) is 0 Å². The number of rotatable bonds is 7. The van der Waals surface area contributed by atoms with Crippen molar-refractivity contribution in [2.75, 3.05) is 18.5 Å². The van der Waals surface area contributed by atoms with Crippen molar-refractivity contribution in [2.24, 2.45) is 5.92 Å². The normalized spacial score (nSPS) is 14.0. The van der Waals surface area contributed by atoms with Gasteiger partial charge in [-0.3, -0.25) is 0 Å². The van der Waals surface area contributed by atoms with Gasteiger partial charge < -0.3 is 10.4 Å². The van der Waals surface area contributed by atoms with Crippen LogP contribution in [-0.4, -0.2) is 32.2 Å². The molecule has 1 aromatic rings. The standard InChI is InChI=1S/C13H18F3NO3S/c1-10(9-18)3-2-8-17-11-4-6-12(7-5-11)21(19,20)13(14,15)16/h4-7,10,17-18H,2-3,8-9H2,1H3. The summed E-state index contributed by atoms with van der Waals surface area (Å²) in [5, 5.41) is 11.8. The van der Waals surface area contributed by atoms with Crippen molar-refractivity contribution in [3.63, 3.8) is 0 Å². The molecule has 0 saturated carbocycles. The van der Waals surface area contributed by atoms with Gasteiger partial charge in [0.2, 0.25) is 0 Å². The van der Waals surface area contributed by atoms with E-state index in [0.717, 1.165) is 25.0 Å². The Balaban J connectivity index is 2.59. The summed E-state index contributed by atoms with van der Waals surface area (Å²) in [6.07, 6.45) is 1.62. The van der Waals surface area contributed by atoms with E-state index in [1.807, 2.05) is 6.92 Å². The van der Waals surface area contributed by atoms with E-state index in [1.165, 1.54) is 12.1 Å². The lowest BCUT2D eigenvalue weighted by atomic mass is 10.1. The molecular weight excluding hydrogens is 307 g/mol. The number of sulfone groups is 1. The van der Waals surface area contributed by atoms with Crippen molar-refractivity contribution in [1.82, 2.24) is 0 Å². The van der Waals surface area contributed by atoms with Gasteiger partial charge in [-0.2, -0.15) is 13.2 Å². The molecule has 0 fully saturated rings. The van der Waals surface area contributed by atoms with Crippen LogP contribution in [0, 0.1) is 5.92 Å². The number of aliphatic hydroxyl groups is 1. The maximum absolute atomic E-state index is 12.4. The molecule has 1 rings (SSSR count). The molecule has 0 bridgehead atoms. The van der Waals surface area contributed by atoms with Crippen LogP contribution < -0.4 is 5.32 Å². The topological polar surface area (TPSA) is 66.4 Å². The predicted octanol–water partition coefficient (Wildman–Crippen LogP) is 2.80. The van der Waals surface area contributed by atoms with Crippen molar-refractivity contribution in [3.05, 3.63) is 24.3 Å². The third-order valence-corrected chi connectivity index (χ3v) is 4.49. The molecule has 2 N–H and O–H groups in total. The van der Waals surface area contributed by atoms with E-state index in [0.29, 0.717) is 12.2 Å². The highest BCUT2D eigenvalue weighted by atomic mass is 32.2. The van der Waals surface area contributed by atoms with Crippen molar-refractivity contribution in [2.45, 2.75) is 30.2 Å². The molecule has 0 aliphatic rings. The van der Waals surface area contributed by atoms with Crippen LogP contribution in [-0.2, 0) is 9.84 Å². The van der Waals surface area contributed by atoms with Gasteiger partial charge in [-0.15, -0.1) is 0 Å². The van der Waals surface area contributed by atoms with Gasteiger partial charge in [-0.1, -0.05) is 6.92 Å². The number of alkyl halides is 3. The second kappa shape index (κ2) is 7.13. The lowest BCUT2D eigenvalue weighted by Crippen LogP contribution is -2.23. The summed E-state index contributed by atoms with van der Waals surface area (Å²) in [4.78, 5) is -0.769. The summed E-state index contributed by atoms with van der Waals surface area (Å²) in [5.74, 6) is 0.200. The minimum atomic E-state index is -5.29. The van der Waals surface area contributed by atoms with Gasteiger partial charge in [0.1, 0.15) is 0 Å². The van der Waals surface area contributed by atoms with Gasteiger partial charge in [0, 0.05) is 18.8 Å². The second-order valence-corrected chi connectivity index (χ2v) is 6.77. The summed E-state index contributed by atoms with van der Waals surface area (Å²) in [7, 11) is -5.29. The molecule has 1 aromatic carbocycles. The number of hydrogen-bond acceptors (Lipinski definition) is 4. The maximum Gasteiger partial charge on any atom is 0.501 e. The first-order valence-corrected chi connectivity index (χ1v) is 7.93. The highest BCUT2D eigenvalue weighted by Crippen LogP contribution is 2.30. The van der Waals surface area contributed by atoms with E-state index in [1.54, 1.807) is 0 Å². The lowest BCUT2D eigenvalue weighted by Gasteiger charge is -2.11. The van der Waals surface area contributed by atoms with Gasteiger partial charge in [-0.05, 0) is 43.0 Å². The zero-order valence-electron chi connectivity index (χ0n) is 11.5. The van der Waals surface area contributed by atoms with Gasteiger partial charge in [0.05, 0.1) is 4.90 Å². The first-order valence-electron chi connectivity index (χ1n) is 6.44. The molecule has 4 nitrogen and oxygen atoms in total. The second-order valence-electron chi connectivity index (χ2n) is 4.83. The molecule has 0 amide bonds. The Hall–Kier alpha value is -1.28. The Morgan fingerprint density at radius 3 is 2.29 bits per heavy atom. The monoisotopic (exact) mass is 325 g/mol. The Bertz CT molecular complexity index is 541. The molecule has 1 atom stereocenters. The van der Waals surface area contributed by atoms with Gasteiger partial charge in [0.25, 0.3) is 9.84 Å². The van der Waals surface area contributed by atoms with E-state index in [2.05, 4.69) is 5.32 Å². The van der Waals surface area contributed by atoms with E-state index in [9.17, 15) is 21.6 Å². The Morgan fingerprint density at radius 2 is 1.81 bits per heavy atom. The van der Waals surface area contributed by atoms with Crippen LogP contribution >= 0.6 is 0 Å². The van der Waals surface area contributed by atoms with Crippen molar-refractivity contribution < 1.29 is 26.7 Å². The summed E-state index contributed by atoms with van der Waals surface area (Å²) in [5.41, 5.74) is -4.74. The molecule has 0 aliphatic heterocycles. The number of nitrogens with one attached hydrogen (secondary N) is 1. The summed E-state index contributed by atoms with van der Waals surface area (Å²) in [6, 6.07) is 4.46. The summed E-state index contributed by atoms with van der Waals surface area (Å²) >= 11 is 0. The fraction of sp³-hybridized carbons (Fsp3) is 0.538. The third-order valence-electron chi connectivity index (χ3n) is 2.98. The smallest absolute Gasteiger partial charge is 0.396 e. The molecule has 0 aliphatic carbocycles. The summed E-state index contributed by atoms with van der Waals surface area (Å²) < 4.78 is 59.4. The van der Waals surface area contributed by atoms with Gasteiger partial charge in [0.15, 0.2) is 0 Å². The predicted molar refractivity (Wildman–Crippen MR) is 73.7 cm³/mol. The number of anilines is 1. The molecule has 1 unspecified atom stereocenters. The molecule has 21 heavy (non-hydrogen) atoms. The number of hydrogen-bond donors (Lipinski definition) is 2. The highest BCUT2D eigenvalue weighted by Gasteiger charge is 2.46. The summed E-state index contributed by atoms with van der Waals surface area (Å²) in [6.45, 7) is 2.62. The molecular formula is C13H18F3NO3S. The largest absolute Gasteiger partial charge is 0.501 e. The Kier molecular flexibility index (Phi) is 6.03. The quantitative estimate of drug-likeness (QED) is 0.757. The number of aliphatic hydroxyl groups excluding tert-OH is 1. The van der Waals surface area contributed by atoms with Crippen molar-refractivity contribution in [1.29, 1.82) is 0 Å². The van der Waals surface area contributed by atoms with E-state index >= 15 is 0 Å². The molecule has 0 radical (unpaired) electrons. The SMILES string of the molecule is CC(CO)CCCNc1ccc(S(=O)(=O)C(F)(F)F)cc1. The number of halogens is 3. The van der Waals surface area contributed by atoms with E-state index < -0.39 is 20.2 Å². The maximum atomic E-state index is 12.4. The van der Waals surface area contributed by atoms with Crippen LogP contribution in [0.25, 0.3) is 0 Å². The molecule has 0 saturated heterocycles. The minimum absolute atomic E-state index is 0.115. The van der Waals surface area contributed by atoms with E-state index in [-0.39, 0.29) is 12.5 Å². The fourth-order valence-corrected chi connectivity index (χ4v) is 2.42. The zero-order valence-corrected chi connectivity index (χ0v) is 12.3. The molecule has 0 heterocycles. The third kappa shape index (κ3) is 4.89. The van der Waals surface area contributed by atoms with Crippen molar-refractivity contribution >= 4 is 15.5 Å². The minimum Gasteiger partial charge on any atom is -0.396 e. The van der Waals surface area contributed by atoms with Crippen LogP contribution in [0.15, 0.2) is 29.2 Å². The molecule has 120 valence electrons. The first-order chi connectivity index (χ1) is 9.68. The number of benzene rings is 1. The molecule has 8 heteroatoms. The van der Waals surface area contributed by atoms with Gasteiger partial charge in [-0.25, -0.2) is 8.42 Å². The fourth-order valence-electron chi connectivity index (χ4n) is 1.66. The van der Waals surface area contributed by atoms with Gasteiger partial charge >= 0.3 is 5.51 Å². The first kappa shape index (κ1) is 17.8. The Morgan fingerprint density at radius 1 is 1.24 bits per heavy atom. The average Bonchev–Trinajstić information content (AvgIpc) is 2.42. The lowest BCUT2D eigenvalue weighted by molar-refractivity contribution is -0.0436. The zero-order chi connectivity index (χ0) is 16.1. The van der Waals surface area contributed by atoms with Crippen LogP contribution in [0.5, 0.6) is 0 Å². The highest BCUT2D eigenvalue weighted by molar-refractivity contribution is 7.92. The van der Waals surface area contributed by atoms with Crippen LogP contribution in [0.4, 0.5) is 18.9 Å². The average molecular weight is 325 g/mol. The molecule has 0 aromatic heterocycles. The van der Waals surface area contributed by atoms with E-state index in [4.69, 9.17) is 5.11 Å². The van der Waals surface area contributed by atoms with Crippen LogP contribution in [0.2, 0.25) is 0 Å². The Labute approximate surface area is 121 Å². The molecule has 0 spiro atoms. The van der Waals surface area contributed by atoms with Crippen molar-refractivity contribution in [3.8, 4) is 0 Å².